The Bertz CT molecular complexity index is 534. The van der Waals surface area contributed by atoms with Crippen LogP contribution in [-0.4, -0.2) is 33.8 Å². The molecule has 0 saturated carbocycles. The maximum atomic E-state index is 12.4. The van der Waals surface area contributed by atoms with Gasteiger partial charge in [0.05, 0.1) is 11.4 Å². The lowest BCUT2D eigenvalue weighted by Gasteiger charge is -2.25. The number of anilines is 1. The number of nitrogens with zero attached hydrogens (tertiary/aromatic N) is 1. The first-order valence-corrected chi connectivity index (χ1v) is 9.43. The predicted octanol–water partition coefficient (Wildman–Crippen LogP) is 2.55. The molecule has 0 bridgehead atoms. The van der Waals surface area contributed by atoms with Gasteiger partial charge in [0, 0.05) is 13.1 Å². The van der Waals surface area contributed by atoms with Crippen LogP contribution in [-0.2, 0) is 16.4 Å². The minimum Gasteiger partial charge on any atom is -0.314 e. The Kier molecular flexibility index (Phi) is 5.65. The monoisotopic (exact) mass is 310 g/mol. The summed E-state index contributed by atoms with van der Waals surface area (Å²) in [6, 6.07) is 8.10. The second-order valence-electron chi connectivity index (χ2n) is 5.74. The van der Waals surface area contributed by atoms with Crippen LogP contribution in [0.1, 0.15) is 38.2 Å². The number of hydrogen-bond donors (Lipinski definition) is 1. The maximum absolute atomic E-state index is 12.4. The van der Waals surface area contributed by atoms with Crippen LogP contribution in [0.15, 0.2) is 24.3 Å². The van der Waals surface area contributed by atoms with Crippen molar-refractivity contribution in [3.8, 4) is 0 Å². The van der Waals surface area contributed by atoms with Crippen molar-refractivity contribution in [1.82, 2.24) is 5.32 Å². The zero-order valence-corrected chi connectivity index (χ0v) is 13.8. The van der Waals surface area contributed by atoms with Gasteiger partial charge < -0.3 is 5.32 Å². The van der Waals surface area contributed by atoms with Gasteiger partial charge in [-0.1, -0.05) is 25.5 Å². The van der Waals surface area contributed by atoms with Gasteiger partial charge in [-0.15, -0.1) is 0 Å². The highest BCUT2D eigenvalue weighted by Gasteiger charge is 2.21. The van der Waals surface area contributed by atoms with E-state index in [2.05, 4.69) is 12.2 Å². The topological polar surface area (TPSA) is 49.4 Å². The Balaban J connectivity index is 1.96. The van der Waals surface area contributed by atoms with Gasteiger partial charge in [0.2, 0.25) is 10.0 Å². The molecule has 1 aliphatic heterocycles. The van der Waals surface area contributed by atoms with E-state index in [1.54, 1.807) is 7.05 Å². The number of aryl methyl sites for hydroxylation is 1. The first-order chi connectivity index (χ1) is 10.0. The molecule has 21 heavy (non-hydrogen) atoms. The second-order valence-corrected chi connectivity index (χ2v) is 7.86. The Morgan fingerprint density at radius 2 is 1.95 bits per heavy atom. The third-order valence-corrected chi connectivity index (χ3v) is 6.06. The van der Waals surface area contributed by atoms with Crippen LogP contribution in [0.4, 0.5) is 5.69 Å². The largest absolute Gasteiger partial charge is 0.314 e. The van der Waals surface area contributed by atoms with E-state index in [1.165, 1.54) is 22.7 Å². The number of benzene rings is 1. The summed E-state index contributed by atoms with van der Waals surface area (Å²) >= 11 is 0. The summed E-state index contributed by atoms with van der Waals surface area (Å²) in [4.78, 5) is 0. The Morgan fingerprint density at radius 1 is 1.24 bits per heavy atom. The summed E-state index contributed by atoms with van der Waals surface area (Å²) in [5.74, 6) is 0.205. The molecule has 1 saturated heterocycles. The number of hydrogen-bond acceptors (Lipinski definition) is 3. The van der Waals surface area contributed by atoms with Gasteiger partial charge in [0.15, 0.2) is 0 Å². The van der Waals surface area contributed by atoms with Gasteiger partial charge in [-0.2, -0.15) is 0 Å². The van der Waals surface area contributed by atoms with Crippen LogP contribution in [0, 0.1) is 0 Å². The summed E-state index contributed by atoms with van der Waals surface area (Å²) < 4.78 is 26.3. The molecule has 1 aromatic rings. The molecule has 1 aliphatic rings. The summed E-state index contributed by atoms with van der Waals surface area (Å²) in [7, 11) is -1.60. The second kappa shape index (κ2) is 7.27. The van der Waals surface area contributed by atoms with Crippen LogP contribution in [0.3, 0.4) is 0 Å². The predicted molar refractivity (Wildman–Crippen MR) is 88.3 cm³/mol. The molecule has 1 heterocycles. The van der Waals surface area contributed by atoms with Crippen LogP contribution in [0.5, 0.6) is 0 Å². The Labute approximate surface area is 128 Å². The van der Waals surface area contributed by atoms with Crippen molar-refractivity contribution in [2.45, 2.75) is 45.1 Å². The van der Waals surface area contributed by atoms with Crippen LogP contribution < -0.4 is 9.62 Å². The molecule has 1 aromatic carbocycles. The number of nitrogens with one attached hydrogen (secondary N) is 1. The molecule has 0 aliphatic carbocycles. The molecule has 1 fully saturated rings. The summed E-state index contributed by atoms with van der Waals surface area (Å²) in [6.07, 6.45) is 5.15. The van der Waals surface area contributed by atoms with Crippen molar-refractivity contribution in [2.75, 3.05) is 23.7 Å². The smallest absolute Gasteiger partial charge is 0.234 e. The molecule has 0 radical (unpaired) electrons. The van der Waals surface area contributed by atoms with E-state index < -0.39 is 10.0 Å². The molecule has 1 N–H and O–H groups in total. The third-order valence-electron chi connectivity index (χ3n) is 4.26. The standard InChI is InChI=1S/C16H26N2O2S/c1-3-14-7-9-16(10-8-14)18(2)21(19,20)13-11-15-6-4-5-12-17-15/h7-10,15,17H,3-6,11-13H2,1-2H3. The highest BCUT2D eigenvalue weighted by atomic mass is 32.2. The van der Waals surface area contributed by atoms with Crippen LogP contribution in [0.2, 0.25) is 0 Å². The van der Waals surface area contributed by atoms with E-state index in [0.29, 0.717) is 12.5 Å². The Hall–Kier alpha value is -1.07. The molecule has 0 aromatic heterocycles. The van der Waals surface area contributed by atoms with Crippen molar-refractivity contribution < 1.29 is 8.42 Å². The number of rotatable bonds is 6. The minimum absolute atomic E-state index is 0.205. The van der Waals surface area contributed by atoms with Crippen LogP contribution in [0.25, 0.3) is 0 Å². The normalized spacial score (nSPS) is 19.4. The molecule has 0 amide bonds. The summed E-state index contributed by atoms with van der Waals surface area (Å²) in [5, 5.41) is 3.40. The van der Waals surface area contributed by atoms with E-state index >= 15 is 0 Å². The lowest BCUT2D eigenvalue weighted by molar-refractivity contribution is 0.392. The number of piperidine rings is 1. The highest BCUT2D eigenvalue weighted by molar-refractivity contribution is 7.92. The van der Waals surface area contributed by atoms with Gasteiger partial charge in [-0.3, -0.25) is 4.31 Å². The highest BCUT2D eigenvalue weighted by Crippen LogP contribution is 2.19. The van der Waals surface area contributed by atoms with E-state index in [-0.39, 0.29) is 5.75 Å². The average molecular weight is 310 g/mol. The molecular formula is C16H26N2O2S. The van der Waals surface area contributed by atoms with Gasteiger partial charge in [-0.25, -0.2) is 8.42 Å². The molecule has 118 valence electrons. The Morgan fingerprint density at radius 3 is 2.52 bits per heavy atom. The summed E-state index contributed by atoms with van der Waals surface area (Å²) in [6.45, 7) is 3.10. The molecule has 1 atom stereocenters. The van der Waals surface area contributed by atoms with Crippen molar-refractivity contribution >= 4 is 15.7 Å². The first kappa shape index (κ1) is 16.3. The fourth-order valence-corrected chi connectivity index (χ4v) is 4.00. The molecule has 4 nitrogen and oxygen atoms in total. The minimum atomic E-state index is -3.24. The van der Waals surface area contributed by atoms with Gasteiger partial charge in [0.25, 0.3) is 0 Å². The maximum Gasteiger partial charge on any atom is 0.234 e. The van der Waals surface area contributed by atoms with E-state index in [1.807, 2.05) is 24.3 Å². The van der Waals surface area contributed by atoms with Crippen molar-refractivity contribution in [2.24, 2.45) is 0 Å². The molecule has 5 heteroatoms. The fraction of sp³-hybridized carbons (Fsp3) is 0.625. The van der Waals surface area contributed by atoms with E-state index in [4.69, 9.17) is 0 Å². The summed E-state index contributed by atoms with van der Waals surface area (Å²) in [5.41, 5.74) is 1.96. The third kappa shape index (κ3) is 4.45. The molecule has 2 rings (SSSR count). The van der Waals surface area contributed by atoms with E-state index in [9.17, 15) is 8.42 Å². The van der Waals surface area contributed by atoms with Gasteiger partial charge in [0.1, 0.15) is 0 Å². The van der Waals surface area contributed by atoms with Gasteiger partial charge in [-0.05, 0) is 49.9 Å². The number of sulfonamides is 1. The molecule has 1 unspecified atom stereocenters. The zero-order chi connectivity index (χ0) is 15.3. The lowest BCUT2D eigenvalue weighted by atomic mass is 10.0. The zero-order valence-electron chi connectivity index (χ0n) is 13.0. The van der Waals surface area contributed by atoms with Crippen LogP contribution >= 0.6 is 0 Å². The van der Waals surface area contributed by atoms with Gasteiger partial charge >= 0.3 is 0 Å². The first-order valence-electron chi connectivity index (χ1n) is 7.82. The van der Waals surface area contributed by atoms with Crippen molar-refractivity contribution in [1.29, 1.82) is 0 Å². The lowest BCUT2D eigenvalue weighted by Crippen LogP contribution is -2.37. The van der Waals surface area contributed by atoms with Crippen molar-refractivity contribution in [3.05, 3.63) is 29.8 Å². The molecule has 0 spiro atoms. The SMILES string of the molecule is CCc1ccc(N(C)S(=O)(=O)CCC2CCCCN2)cc1. The fourth-order valence-electron chi connectivity index (χ4n) is 2.70. The molecular weight excluding hydrogens is 284 g/mol. The average Bonchev–Trinajstić information content (AvgIpc) is 2.53. The quantitative estimate of drug-likeness (QED) is 0.878. The van der Waals surface area contributed by atoms with Crippen molar-refractivity contribution in [3.63, 3.8) is 0 Å². The van der Waals surface area contributed by atoms with E-state index in [0.717, 1.165) is 25.1 Å².